The molecule has 1 aliphatic rings. The van der Waals surface area contributed by atoms with E-state index in [2.05, 4.69) is 10.0 Å². The lowest BCUT2D eigenvalue weighted by atomic mass is 10.2. The van der Waals surface area contributed by atoms with E-state index in [-0.39, 0.29) is 13.1 Å². The molecule has 0 bridgehead atoms. The standard InChI is InChI=1S/C10H11N5O5S/c11-13-12-7-5-14(6-9(7)16)21(19,20)10-4-2-1-3-8(10)15(17)18/h1-4,7,9,16H,5-6H2. The number of hydrogen-bond acceptors (Lipinski definition) is 6. The molecule has 0 radical (unpaired) electrons. The van der Waals surface area contributed by atoms with Crippen LogP contribution in [0.5, 0.6) is 0 Å². The molecule has 21 heavy (non-hydrogen) atoms. The highest BCUT2D eigenvalue weighted by molar-refractivity contribution is 7.89. The normalized spacial score (nSPS) is 22.7. The minimum atomic E-state index is -4.15. The molecule has 1 saturated heterocycles. The number of nitro groups is 1. The maximum absolute atomic E-state index is 12.4. The van der Waals surface area contributed by atoms with Crippen LogP contribution in [0.1, 0.15) is 0 Å². The van der Waals surface area contributed by atoms with E-state index in [0.717, 1.165) is 16.4 Å². The van der Waals surface area contributed by atoms with Gasteiger partial charge in [0.2, 0.25) is 10.0 Å². The highest BCUT2D eigenvalue weighted by Gasteiger charge is 2.40. The summed E-state index contributed by atoms with van der Waals surface area (Å²) in [6.07, 6.45) is -1.14. The van der Waals surface area contributed by atoms with Crippen LogP contribution in [0.15, 0.2) is 34.3 Å². The van der Waals surface area contributed by atoms with Crippen molar-refractivity contribution in [2.75, 3.05) is 13.1 Å². The van der Waals surface area contributed by atoms with Crippen molar-refractivity contribution in [1.82, 2.24) is 4.31 Å². The minimum Gasteiger partial charge on any atom is -0.391 e. The first kappa shape index (κ1) is 15.2. The van der Waals surface area contributed by atoms with Crippen LogP contribution >= 0.6 is 0 Å². The van der Waals surface area contributed by atoms with E-state index in [0.29, 0.717) is 0 Å². The number of sulfonamides is 1. The largest absolute Gasteiger partial charge is 0.391 e. The molecule has 11 heteroatoms. The molecule has 1 N–H and O–H groups in total. The third kappa shape index (κ3) is 2.81. The SMILES string of the molecule is [N-]=[N+]=NC1CN(S(=O)(=O)c2ccccc2[N+](=O)[O-])CC1O. The van der Waals surface area contributed by atoms with Gasteiger partial charge in [-0.15, -0.1) is 0 Å². The second-order valence-corrected chi connectivity index (χ2v) is 6.29. The summed E-state index contributed by atoms with van der Waals surface area (Å²) in [6.45, 7) is -0.502. The van der Waals surface area contributed by atoms with Crippen molar-refractivity contribution in [2.24, 2.45) is 5.11 Å². The lowest BCUT2D eigenvalue weighted by Gasteiger charge is -2.15. The number of rotatable bonds is 4. The lowest BCUT2D eigenvalue weighted by Crippen LogP contribution is -2.30. The van der Waals surface area contributed by atoms with Crippen molar-refractivity contribution in [3.05, 3.63) is 44.8 Å². The van der Waals surface area contributed by atoms with Crippen molar-refractivity contribution in [3.63, 3.8) is 0 Å². The molecule has 0 spiro atoms. The fourth-order valence-corrected chi connectivity index (χ4v) is 3.71. The Hall–Kier alpha value is -2.20. The predicted octanol–water partition coefficient (Wildman–Crippen LogP) is 0.639. The summed E-state index contributed by atoms with van der Waals surface area (Å²) in [4.78, 5) is 12.2. The molecule has 0 amide bonds. The fourth-order valence-electron chi connectivity index (χ4n) is 2.08. The van der Waals surface area contributed by atoms with E-state index in [1.54, 1.807) is 0 Å². The molecular formula is C10H11N5O5S. The van der Waals surface area contributed by atoms with Crippen molar-refractivity contribution in [2.45, 2.75) is 17.0 Å². The highest BCUT2D eigenvalue weighted by Crippen LogP contribution is 2.29. The Balaban J connectivity index is 2.41. The Labute approximate surface area is 119 Å². The van der Waals surface area contributed by atoms with Crippen molar-refractivity contribution < 1.29 is 18.4 Å². The average Bonchev–Trinajstić information content (AvgIpc) is 2.81. The number of nitro benzene ring substituents is 1. The molecule has 0 aliphatic carbocycles. The number of para-hydroxylation sites is 1. The highest BCUT2D eigenvalue weighted by atomic mass is 32.2. The molecule has 1 aliphatic heterocycles. The molecule has 2 rings (SSSR count). The molecule has 1 fully saturated rings. The Bertz CT molecular complexity index is 714. The van der Waals surface area contributed by atoms with Gasteiger partial charge in [-0.05, 0) is 11.6 Å². The van der Waals surface area contributed by atoms with Crippen LogP contribution in [0.4, 0.5) is 5.69 Å². The molecular weight excluding hydrogens is 302 g/mol. The third-order valence-corrected chi connectivity index (χ3v) is 4.98. The van der Waals surface area contributed by atoms with Crippen molar-refractivity contribution in [1.29, 1.82) is 0 Å². The van der Waals surface area contributed by atoms with E-state index in [1.165, 1.54) is 12.1 Å². The molecule has 1 aromatic rings. The summed E-state index contributed by atoms with van der Waals surface area (Å²) in [7, 11) is -4.15. The maximum atomic E-state index is 12.4. The topological polar surface area (TPSA) is 150 Å². The van der Waals surface area contributed by atoms with Crippen molar-refractivity contribution >= 4 is 15.7 Å². The van der Waals surface area contributed by atoms with E-state index < -0.39 is 37.7 Å². The summed E-state index contributed by atoms with van der Waals surface area (Å²) < 4.78 is 25.7. The first-order valence-electron chi connectivity index (χ1n) is 5.83. The van der Waals surface area contributed by atoms with Gasteiger partial charge in [0.25, 0.3) is 5.69 Å². The summed E-state index contributed by atoms with van der Waals surface area (Å²) in [6, 6.07) is 4.04. The number of azide groups is 1. The Morgan fingerprint density at radius 3 is 2.71 bits per heavy atom. The molecule has 2 unspecified atom stereocenters. The van der Waals surface area contributed by atoms with Gasteiger partial charge in [0.15, 0.2) is 4.90 Å². The van der Waals surface area contributed by atoms with E-state index in [4.69, 9.17) is 5.53 Å². The van der Waals surface area contributed by atoms with E-state index in [1.807, 2.05) is 0 Å². The number of nitrogens with zero attached hydrogens (tertiary/aromatic N) is 5. The predicted molar refractivity (Wildman–Crippen MR) is 70.8 cm³/mol. The summed E-state index contributed by atoms with van der Waals surface area (Å²) >= 11 is 0. The van der Waals surface area contributed by atoms with Crippen LogP contribution < -0.4 is 0 Å². The quantitative estimate of drug-likeness (QED) is 0.284. The Morgan fingerprint density at radius 2 is 2.10 bits per heavy atom. The number of hydrogen-bond donors (Lipinski definition) is 1. The second kappa shape index (κ2) is 5.66. The van der Waals surface area contributed by atoms with Crippen LogP contribution in [0.2, 0.25) is 0 Å². The van der Waals surface area contributed by atoms with Gasteiger partial charge in [0, 0.05) is 24.1 Å². The average molecular weight is 313 g/mol. The molecule has 1 aromatic carbocycles. The molecule has 0 saturated carbocycles. The summed E-state index contributed by atoms with van der Waals surface area (Å²) in [5.41, 5.74) is 7.82. The van der Waals surface area contributed by atoms with Gasteiger partial charge in [0.05, 0.1) is 17.1 Å². The molecule has 0 aromatic heterocycles. The van der Waals surface area contributed by atoms with Crippen LogP contribution in [0.25, 0.3) is 10.4 Å². The summed E-state index contributed by atoms with van der Waals surface area (Å²) in [5.74, 6) is 0. The first-order chi connectivity index (χ1) is 9.87. The zero-order chi connectivity index (χ0) is 15.6. The van der Waals surface area contributed by atoms with Crippen LogP contribution in [-0.2, 0) is 10.0 Å². The monoisotopic (exact) mass is 313 g/mol. The molecule has 2 atom stereocenters. The van der Waals surface area contributed by atoms with Gasteiger partial charge in [-0.2, -0.15) is 4.31 Å². The zero-order valence-corrected chi connectivity index (χ0v) is 11.4. The van der Waals surface area contributed by atoms with Gasteiger partial charge >= 0.3 is 0 Å². The lowest BCUT2D eigenvalue weighted by molar-refractivity contribution is -0.387. The number of β-amino-alcohol motifs (C(OH)–C–C–N with tert-alkyl or cyclic N) is 1. The number of aliphatic hydroxyl groups is 1. The van der Waals surface area contributed by atoms with Gasteiger partial charge in [-0.3, -0.25) is 10.1 Å². The summed E-state index contributed by atoms with van der Waals surface area (Å²) in [5, 5.41) is 23.9. The van der Waals surface area contributed by atoms with Crippen LogP contribution in [0, 0.1) is 10.1 Å². The van der Waals surface area contributed by atoms with Crippen LogP contribution in [0.3, 0.4) is 0 Å². The molecule has 10 nitrogen and oxygen atoms in total. The van der Waals surface area contributed by atoms with E-state index >= 15 is 0 Å². The Kier molecular flexibility index (Phi) is 4.09. The fraction of sp³-hybridized carbons (Fsp3) is 0.400. The second-order valence-electron chi connectivity index (χ2n) is 4.39. The Morgan fingerprint density at radius 1 is 1.43 bits per heavy atom. The van der Waals surface area contributed by atoms with Gasteiger partial charge < -0.3 is 5.11 Å². The minimum absolute atomic E-state index is 0.223. The van der Waals surface area contributed by atoms with Gasteiger partial charge in [-0.25, -0.2) is 8.42 Å². The first-order valence-corrected chi connectivity index (χ1v) is 7.27. The molecule has 1 heterocycles. The zero-order valence-electron chi connectivity index (χ0n) is 10.6. The number of benzene rings is 1. The van der Waals surface area contributed by atoms with E-state index in [9.17, 15) is 23.6 Å². The third-order valence-electron chi connectivity index (χ3n) is 3.11. The van der Waals surface area contributed by atoms with Gasteiger partial charge in [0.1, 0.15) is 0 Å². The number of aliphatic hydroxyl groups excluding tert-OH is 1. The maximum Gasteiger partial charge on any atom is 0.289 e. The molecule has 112 valence electrons. The van der Waals surface area contributed by atoms with Crippen molar-refractivity contribution in [3.8, 4) is 0 Å². The van der Waals surface area contributed by atoms with Crippen LogP contribution in [-0.4, -0.2) is 48.0 Å². The smallest absolute Gasteiger partial charge is 0.289 e. The van der Waals surface area contributed by atoms with Gasteiger partial charge in [-0.1, -0.05) is 17.2 Å².